The topological polar surface area (TPSA) is 48.5 Å². The summed E-state index contributed by atoms with van der Waals surface area (Å²) in [6.45, 7) is 0. The molecule has 10 aromatic rings. The van der Waals surface area contributed by atoms with Crippen LogP contribution in [0.1, 0.15) is 0 Å². The van der Waals surface area contributed by atoms with Gasteiger partial charge >= 0.3 is 0 Å². The van der Waals surface area contributed by atoms with Gasteiger partial charge in [-0.05, 0) is 60.7 Å². The van der Waals surface area contributed by atoms with Crippen molar-refractivity contribution in [2.24, 2.45) is 0 Å². The number of hydrogen-bond donors (Lipinski definition) is 0. The molecule has 5 aromatic heterocycles. The Labute approximate surface area is 309 Å². The molecule has 0 aliphatic heterocycles. The maximum absolute atomic E-state index is 4.67. The SMILES string of the molecule is [Pt].[c-]1ccccc1-c1ncccc1-n1c2ccccc2c2ccccc21.c1ccc(-c2ncccc2-n2c3ccccc3c3ccccc32)nc1. The first-order valence-corrected chi connectivity index (χ1v) is 16.6. The van der Waals surface area contributed by atoms with Gasteiger partial charge in [-0.1, -0.05) is 78.9 Å². The molecule has 0 amide bonds. The summed E-state index contributed by atoms with van der Waals surface area (Å²) in [7, 11) is 0. The van der Waals surface area contributed by atoms with Crippen LogP contribution in [0.4, 0.5) is 0 Å². The molecule has 0 aliphatic rings. The summed E-state index contributed by atoms with van der Waals surface area (Å²) < 4.78 is 4.58. The molecule has 0 N–H and O–H groups in total. The largest absolute Gasteiger partial charge is 0.316 e. The van der Waals surface area contributed by atoms with Crippen LogP contribution in [0.2, 0.25) is 0 Å². The Bertz CT molecular complexity index is 2470. The summed E-state index contributed by atoms with van der Waals surface area (Å²) in [5, 5.41) is 5.00. The van der Waals surface area contributed by atoms with E-state index in [1.165, 1.54) is 43.6 Å². The van der Waals surface area contributed by atoms with Gasteiger partial charge in [-0.25, -0.2) is 0 Å². The molecule has 5 aromatic carbocycles. The zero-order valence-electron chi connectivity index (χ0n) is 27.4. The smallest absolute Gasteiger partial charge is 0.113 e. The van der Waals surface area contributed by atoms with Crippen molar-refractivity contribution >= 4 is 43.6 Å². The van der Waals surface area contributed by atoms with Gasteiger partial charge in [0.05, 0.1) is 33.4 Å². The fourth-order valence-corrected chi connectivity index (χ4v) is 6.97. The molecule has 0 unspecified atom stereocenters. The minimum absolute atomic E-state index is 0. The molecular weight excluding hydrogens is 806 g/mol. The van der Waals surface area contributed by atoms with Crippen LogP contribution in [-0.2, 0) is 21.1 Å². The van der Waals surface area contributed by atoms with Crippen molar-refractivity contribution in [1.82, 2.24) is 24.1 Å². The van der Waals surface area contributed by atoms with Crippen LogP contribution < -0.4 is 0 Å². The summed E-state index contributed by atoms with van der Waals surface area (Å²) in [6, 6.07) is 59.4. The second kappa shape index (κ2) is 14.0. The molecule has 5 heterocycles. The molecule has 0 atom stereocenters. The first kappa shape index (κ1) is 32.1. The predicted octanol–water partition coefficient (Wildman–Crippen LogP) is 10.9. The number of nitrogens with zero attached hydrogens (tertiary/aromatic N) is 5. The summed E-state index contributed by atoms with van der Waals surface area (Å²) in [5.41, 5.74) is 10.5. The first-order chi connectivity index (χ1) is 24.9. The van der Waals surface area contributed by atoms with Crippen molar-refractivity contribution in [3.8, 4) is 34.0 Å². The summed E-state index contributed by atoms with van der Waals surface area (Å²) in [5.74, 6) is 0. The Balaban J connectivity index is 0.000000144. The molecular formula is C45H30N5Pt-. The van der Waals surface area contributed by atoms with E-state index < -0.39 is 0 Å². The van der Waals surface area contributed by atoms with Crippen molar-refractivity contribution in [3.63, 3.8) is 0 Å². The van der Waals surface area contributed by atoms with Gasteiger partial charge in [0.25, 0.3) is 0 Å². The standard InChI is InChI=1S/C23H15N2.C22H15N3.Pt/c1-2-9-17(10-3-1)23-22(15-8-16-24-23)25-20-13-6-4-11-18(20)19-12-5-7-14-21(19)25;1-3-11-19-16(8-1)17-9-2-4-12-20(17)25(19)21-13-7-15-24-22(21)18-10-5-6-14-23-18;/h1-9,11-16H;1-15H;/q-1;;. The van der Waals surface area contributed by atoms with Crippen molar-refractivity contribution < 1.29 is 21.1 Å². The number of pyridine rings is 3. The Morgan fingerprint density at radius 3 is 1.27 bits per heavy atom. The molecule has 6 heteroatoms. The zero-order valence-corrected chi connectivity index (χ0v) is 29.6. The minimum Gasteiger partial charge on any atom is -0.316 e. The molecule has 0 spiro atoms. The molecule has 0 saturated heterocycles. The Kier molecular flexibility index (Phi) is 8.79. The maximum atomic E-state index is 4.67. The molecule has 5 nitrogen and oxygen atoms in total. The number of hydrogen-bond acceptors (Lipinski definition) is 3. The van der Waals surface area contributed by atoms with Gasteiger partial charge in [0.15, 0.2) is 0 Å². The Morgan fingerprint density at radius 2 is 0.804 bits per heavy atom. The van der Waals surface area contributed by atoms with E-state index in [0.717, 1.165) is 34.0 Å². The third-order valence-electron chi connectivity index (χ3n) is 9.09. The monoisotopic (exact) mass is 835 g/mol. The van der Waals surface area contributed by atoms with Crippen LogP contribution in [0.15, 0.2) is 182 Å². The number of fused-ring (bicyclic) bond motifs is 6. The van der Waals surface area contributed by atoms with Crippen LogP contribution in [0.3, 0.4) is 0 Å². The van der Waals surface area contributed by atoms with Gasteiger partial charge in [0.2, 0.25) is 0 Å². The third-order valence-corrected chi connectivity index (χ3v) is 9.09. The van der Waals surface area contributed by atoms with Gasteiger partial charge in [-0.2, -0.15) is 0 Å². The second-order valence-corrected chi connectivity index (χ2v) is 12.0. The van der Waals surface area contributed by atoms with E-state index in [2.05, 4.69) is 145 Å². The van der Waals surface area contributed by atoms with Gasteiger partial charge in [0, 0.05) is 72.6 Å². The number of benzene rings is 5. The number of para-hydroxylation sites is 4. The predicted molar refractivity (Wildman–Crippen MR) is 205 cm³/mol. The summed E-state index contributed by atoms with van der Waals surface area (Å²) in [6.07, 6.45) is 5.47. The average Bonchev–Trinajstić information content (AvgIpc) is 3.72. The van der Waals surface area contributed by atoms with Crippen LogP contribution in [-0.4, -0.2) is 24.1 Å². The average molecular weight is 836 g/mol. The number of rotatable bonds is 4. The minimum atomic E-state index is 0. The molecule has 246 valence electrons. The molecule has 10 rings (SSSR count). The van der Waals surface area contributed by atoms with Crippen LogP contribution >= 0.6 is 0 Å². The fourth-order valence-electron chi connectivity index (χ4n) is 6.97. The Morgan fingerprint density at radius 1 is 0.373 bits per heavy atom. The third kappa shape index (κ3) is 5.72. The van der Waals surface area contributed by atoms with E-state index >= 15 is 0 Å². The van der Waals surface area contributed by atoms with Crippen molar-refractivity contribution in [2.75, 3.05) is 0 Å². The molecule has 0 fully saturated rings. The van der Waals surface area contributed by atoms with E-state index in [1.807, 2.05) is 60.9 Å². The van der Waals surface area contributed by atoms with Gasteiger partial charge in [-0.3, -0.25) is 9.97 Å². The summed E-state index contributed by atoms with van der Waals surface area (Å²) >= 11 is 0. The molecule has 0 radical (unpaired) electrons. The van der Waals surface area contributed by atoms with Crippen molar-refractivity contribution in [1.29, 1.82) is 0 Å². The number of aromatic nitrogens is 5. The molecule has 0 bridgehead atoms. The van der Waals surface area contributed by atoms with Gasteiger partial charge in [0.1, 0.15) is 5.69 Å². The molecule has 0 aliphatic carbocycles. The van der Waals surface area contributed by atoms with E-state index in [0.29, 0.717) is 0 Å². The first-order valence-electron chi connectivity index (χ1n) is 16.6. The Hall–Kier alpha value is -6.16. The fraction of sp³-hybridized carbons (Fsp3) is 0. The second-order valence-electron chi connectivity index (χ2n) is 12.0. The van der Waals surface area contributed by atoms with Crippen molar-refractivity contribution in [3.05, 3.63) is 188 Å². The molecule has 0 saturated carbocycles. The van der Waals surface area contributed by atoms with Gasteiger partial charge in [-0.15, -0.1) is 35.9 Å². The van der Waals surface area contributed by atoms with Crippen LogP contribution in [0.25, 0.3) is 77.6 Å². The summed E-state index contributed by atoms with van der Waals surface area (Å²) in [4.78, 5) is 13.8. The van der Waals surface area contributed by atoms with Gasteiger partial charge < -0.3 is 14.1 Å². The molecule has 51 heavy (non-hydrogen) atoms. The van der Waals surface area contributed by atoms with E-state index in [1.54, 1.807) is 6.20 Å². The maximum Gasteiger partial charge on any atom is 0.113 e. The van der Waals surface area contributed by atoms with E-state index in [4.69, 9.17) is 0 Å². The van der Waals surface area contributed by atoms with E-state index in [-0.39, 0.29) is 21.1 Å². The quantitative estimate of drug-likeness (QED) is 0.166. The van der Waals surface area contributed by atoms with Crippen molar-refractivity contribution in [2.45, 2.75) is 0 Å². The normalized spacial score (nSPS) is 11.0. The van der Waals surface area contributed by atoms with E-state index in [9.17, 15) is 0 Å². The van der Waals surface area contributed by atoms with Crippen LogP contribution in [0, 0.1) is 6.07 Å². The zero-order chi connectivity index (χ0) is 33.3. The van der Waals surface area contributed by atoms with Crippen LogP contribution in [0.5, 0.6) is 0 Å².